The molecule has 62 valence electrons. The van der Waals surface area contributed by atoms with Gasteiger partial charge in [0.1, 0.15) is 0 Å². The Morgan fingerprint density at radius 3 is 2.18 bits per heavy atom. The van der Waals surface area contributed by atoms with Crippen molar-refractivity contribution in [3.8, 4) is 0 Å². The molecule has 0 saturated heterocycles. The summed E-state index contributed by atoms with van der Waals surface area (Å²) >= 11 is 1.81. The Morgan fingerprint density at radius 1 is 1.45 bits per heavy atom. The van der Waals surface area contributed by atoms with Crippen molar-refractivity contribution in [1.82, 2.24) is 5.16 Å². The van der Waals surface area contributed by atoms with Crippen molar-refractivity contribution >= 4 is 22.6 Å². The summed E-state index contributed by atoms with van der Waals surface area (Å²) in [6.07, 6.45) is 0. The Balaban J connectivity index is 3.15. The van der Waals surface area contributed by atoms with E-state index in [1.165, 1.54) is 0 Å². The fraction of sp³-hybridized carbons (Fsp3) is 0.571. The molecule has 0 unspecified atom stereocenters. The summed E-state index contributed by atoms with van der Waals surface area (Å²) < 4.78 is 18.2. The van der Waals surface area contributed by atoms with Gasteiger partial charge in [0.05, 0.1) is 0 Å². The lowest BCUT2D eigenvalue weighted by atomic mass is 9.93. The zero-order valence-corrected chi connectivity index (χ0v) is 8.77. The second kappa shape index (κ2) is 2.73. The highest BCUT2D eigenvalue weighted by Gasteiger charge is 2.25. The molecule has 0 radical (unpaired) electrons. The minimum atomic E-state index is -0.335. The average Bonchev–Trinajstić information content (AvgIpc) is 2.11. The predicted molar refractivity (Wildman–Crippen MR) is 47.9 cm³/mol. The van der Waals surface area contributed by atoms with Gasteiger partial charge in [0, 0.05) is 5.41 Å². The first kappa shape index (κ1) is 8.96. The quantitative estimate of drug-likeness (QED) is 0.677. The lowest BCUT2D eigenvalue weighted by Crippen LogP contribution is -2.11. The molecule has 0 saturated carbocycles. The van der Waals surface area contributed by atoms with Crippen LogP contribution in [0.1, 0.15) is 26.5 Å². The van der Waals surface area contributed by atoms with Crippen LogP contribution in [0.4, 0.5) is 4.39 Å². The summed E-state index contributed by atoms with van der Waals surface area (Å²) in [5.74, 6) is -0.0139. The number of hydrogen-bond acceptors (Lipinski definition) is 2. The maximum atomic E-state index is 13.1. The SMILES string of the molecule is CC(C)(C)c1onc(I)c1F. The number of halogens is 2. The zero-order valence-electron chi connectivity index (χ0n) is 6.61. The van der Waals surface area contributed by atoms with Gasteiger partial charge in [-0.05, 0) is 22.6 Å². The molecule has 0 spiro atoms. The molecule has 4 heteroatoms. The molecule has 1 aromatic rings. The molecule has 0 aromatic carbocycles. The van der Waals surface area contributed by atoms with E-state index < -0.39 is 0 Å². The molecule has 2 nitrogen and oxygen atoms in total. The molecule has 0 aliphatic heterocycles. The van der Waals surface area contributed by atoms with E-state index >= 15 is 0 Å². The van der Waals surface area contributed by atoms with Gasteiger partial charge in [-0.1, -0.05) is 25.9 Å². The Bertz CT molecular complexity index is 264. The highest BCUT2D eigenvalue weighted by atomic mass is 127. The standard InChI is InChI=1S/C7H9FINO/c1-7(2,3)5-4(8)6(9)10-11-5/h1-3H3. The van der Waals surface area contributed by atoms with Gasteiger partial charge in [-0.25, -0.2) is 4.39 Å². The lowest BCUT2D eigenvalue weighted by molar-refractivity contribution is 0.316. The molecule has 1 aromatic heterocycles. The number of hydrogen-bond donors (Lipinski definition) is 0. The molecule has 1 heterocycles. The van der Waals surface area contributed by atoms with Crippen LogP contribution in [0.3, 0.4) is 0 Å². The van der Waals surface area contributed by atoms with E-state index in [1.807, 2.05) is 20.8 Å². The first-order valence-electron chi connectivity index (χ1n) is 3.24. The molecule has 0 atom stereocenters. The average molecular weight is 269 g/mol. The van der Waals surface area contributed by atoms with Gasteiger partial charge in [0.25, 0.3) is 0 Å². The van der Waals surface area contributed by atoms with Crippen molar-refractivity contribution in [3.05, 3.63) is 15.3 Å². The Hall–Kier alpha value is -0.130. The maximum Gasteiger partial charge on any atom is 0.199 e. The van der Waals surface area contributed by atoms with E-state index in [2.05, 4.69) is 5.16 Å². The third-order valence-electron chi connectivity index (χ3n) is 1.28. The van der Waals surface area contributed by atoms with Crippen molar-refractivity contribution in [3.63, 3.8) is 0 Å². The molecule has 0 N–H and O–H groups in total. The molecule has 0 fully saturated rings. The number of aromatic nitrogens is 1. The van der Waals surface area contributed by atoms with Crippen molar-refractivity contribution in [2.75, 3.05) is 0 Å². The molecule has 0 bridgehead atoms. The van der Waals surface area contributed by atoms with Crippen molar-refractivity contribution in [2.24, 2.45) is 0 Å². The zero-order chi connectivity index (χ0) is 8.65. The van der Waals surface area contributed by atoms with E-state index in [-0.39, 0.29) is 11.2 Å². The molecule has 0 aliphatic carbocycles. The highest BCUT2D eigenvalue weighted by Crippen LogP contribution is 2.26. The number of nitrogens with zero attached hydrogens (tertiary/aromatic N) is 1. The molecule has 0 amide bonds. The van der Waals surface area contributed by atoms with Crippen LogP contribution in [-0.4, -0.2) is 5.16 Å². The first-order chi connectivity index (χ1) is 4.93. The maximum absolute atomic E-state index is 13.1. The monoisotopic (exact) mass is 269 g/mol. The smallest absolute Gasteiger partial charge is 0.199 e. The summed E-state index contributed by atoms with van der Waals surface area (Å²) in [7, 11) is 0. The minimum absolute atomic E-state index is 0.299. The topological polar surface area (TPSA) is 26.0 Å². The van der Waals surface area contributed by atoms with Crippen LogP contribution in [0.5, 0.6) is 0 Å². The lowest BCUT2D eigenvalue weighted by Gasteiger charge is -2.12. The Labute approximate surface area is 78.3 Å². The van der Waals surface area contributed by atoms with E-state index in [9.17, 15) is 4.39 Å². The van der Waals surface area contributed by atoms with Crippen LogP contribution >= 0.6 is 22.6 Å². The van der Waals surface area contributed by atoms with Gasteiger partial charge in [-0.2, -0.15) is 0 Å². The molecular weight excluding hydrogens is 260 g/mol. The van der Waals surface area contributed by atoms with E-state index in [0.29, 0.717) is 9.46 Å². The molecular formula is C7H9FINO. The van der Waals surface area contributed by atoms with Crippen LogP contribution in [-0.2, 0) is 5.41 Å². The summed E-state index contributed by atoms with van der Waals surface area (Å²) in [5.41, 5.74) is -0.305. The van der Waals surface area contributed by atoms with Gasteiger partial charge in [0.15, 0.2) is 15.3 Å². The van der Waals surface area contributed by atoms with Crippen LogP contribution in [0.15, 0.2) is 4.52 Å². The first-order valence-corrected chi connectivity index (χ1v) is 4.32. The predicted octanol–water partition coefficient (Wildman–Crippen LogP) is 2.72. The van der Waals surface area contributed by atoms with Crippen molar-refractivity contribution in [2.45, 2.75) is 26.2 Å². The minimum Gasteiger partial charge on any atom is -0.357 e. The molecule has 0 aliphatic rings. The van der Waals surface area contributed by atoms with Crippen LogP contribution in [0.25, 0.3) is 0 Å². The van der Waals surface area contributed by atoms with Crippen molar-refractivity contribution in [1.29, 1.82) is 0 Å². The summed E-state index contributed by atoms with van der Waals surface area (Å²) in [6.45, 7) is 5.64. The molecule has 1 rings (SSSR count). The number of rotatable bonds is 0. The second-order valence-corrected chi connectivity index (χ2v) is 4.39. The van der Waals surface area contributed by atoms with Crippen LogP contribution < -0.4 is 0 Å². The van der Waals surface area contributed by atoms with Crippen LogP contribution in [0, 0.1) is 9.52 Å². The van der Waals surface area contributed by atoms with E-state index in [4.69, 9.17) is 4.52 Å². The third kappa shape index (κ3) is 1.72. The van der Waals surface area contributed by atoms with Gasteiger partial charge in [-0.3, -0.25) is 0 Å². The molecule has 11 heavy (non-hydrogen) atoms. The van der Waals surface area contributed by atoms with E-state index in [1.54, 1.807) is 22.6 Å². The summed E-state index contributed by atoms with van der Waals surface area (Å²) in [4.78, 5) is 0. The van der Waals surface area contributed by atoms with Gasteiger partial charge >= 0.3 is 0 Å². The van der Waals surface area contributed by atoms with Crippen molar-refractivity contribution < 1.29 is 8.91 Å². The largest absolute Gasteiger partial charge is 0.357 e. The Morgan fingerprint density at radius 2 is 2.00 bits per heavy atom. The second-order valence-electron chi connectivity index (χ2n) is 3.37. The van der Waals surface area contributed by atoms with Gasteiger partial charge in [-0.15, -0.1) is 0 Å². The third-order valence-corrected chi connectivity index (χ3v) is 1.95. The van der Waals surface area contributed by atoms with Gasteiger partial charge < -0.3 is 4.52 Å². The van der Waals surface area contributed by atoms with E-state index in [0.717, 1.165) is 0 Å². The normalized spacial score (nSPS) is 12.1. The Kier molecular flexibility index (Phi) is 2.22. The summed E-state index contributed by atoms with van der Waals surface area (Å²) in [6, 6.07) is 0. The fourth-order valence-corrected chi connectivity index (χ4v) is 1.07. The summed E-state index contributed by atoms with van der Waals surface area (Å²) in [5, 5.41) is 3.52. The van der Waals surface area contributed by atoms with Crippen LogP contribution in [0.2, 0.25) is 0 Å². The fourth-order valence-electron chi connectivity index (χ4n) is 0.726. The highest BCUT2D eigenvalue weighted by molar-refractivity contribution is 14.1. The van der Waals surface area contributed by atoms with Gasteiger partial charge in [0.2, 0.25) is 0 Å².